The predicted octanol–water partition coefficient (Wildman–Crippen LogP) is 2.40. The summed E-state index contributed by atoms with van der Waals surface area (Å²) in [6, 6.07) is 4.72. The van der Waals surface area contributed by atoms with Gasteiger partial charge < -0.3 is 14.2 Å². The van der Waals surface area contributed by atoms with Gasteiger partial charge in [0.2, 0.25) is 0 Å². The van der Waals surface area contributed by atoms with Crippen LogP contribution in [0.5, 0.6) is 0 Å². The van der Waals surface area contributed by atoms with E-state index < -0.39 is 12.0 Å². The first kappa shape index (κ1) is 19.2. The van der Waals surface area contributed by atoms with Crippen LogP contribution in [0.15, 0.2) is 22.7 Å². The van der Waals surface area contributed by atoms with E-state index in [4.69, 9.17) is 9.26 Å². The number of piperidine rings is 1. The summed E-state index contributed by atoms with van der Waals surface area (Å²) in [6.45, 7) is 2.72. The quantitative estimate of drug-likeness (QED) is 0.605. The highest BCUT2D eigenvalue weighted by Crippen LogP contribution is 2.29. The zero-order chi connectivity index (χ0) is 20.6. The molecule has 154 valence electrons. The number of rotatable bonds is 4. The van der Waals surface area contributed by atoms with E-state index in [9.17, 15) is 18.0 Å². The van der Waals surface area contributed by atoms with E-state index in [-0.39, 0.29) is 24.1 Å². The maximum Gasteiger partial charge on any atom is 0.453 e. The molecule has 0 unspecified atom stereocenters. The topological polar surface area (TPSA) is 98.7 Å². The van der Waals surface area contributed by atoms with Gasteiger partial charge in [0.05, 0.1) is 5.92 Å². The largest absolute Gasteiger partial charge is 0.459 e. The molecule has 12 heteroatoms. The molecule has 3 aromatic rings. The van der Waals surface area contributed by atoms with Crippen molar-refractivity contribution in [2.45, 2.75) is 32.5 Å². The lowest BCUT2D eigenvalue weighted by atomic mass is 9.97. The van der Waals surface area contributed by atoms with Crippen LogP contribution >= 0.6 is 0 Å². The van der Waals surface area contributed by atoms with E-state index in [2.05, 4.69) is 20.5 Å². The van der Waals surface area contributed by atoms with E-state index >= 15 is 0 Å². The molecule has 1 saturated heterocycles. The molecular weight excluding hydrogens is 393 g/mol. The molecule has 0 aromatic carbocycles. The standard InChI is InChI=1S/C17H17F3N6O3/c1-10-8-12(24-29-10)9-28-15(27)11-4-6-25(7-5-11)14-3-2-13-21-22-16(17(18,19)20)26(13)23-14/h2-3,8,11H,4-7,9H2,1H3. The molecule has 0 atom stereocenters. The fraction of sp³-hybridized carbons (Fsp3) is 0.471. The van der Waals surface area contributed by atoms with Crippen LogP contribution < -0.4 is 4.90 Å². The lowest BCUT2D eigenvalue weighted by molar-refractivity contribution is -0.151. The highest BCUT2D eigenvalue weighted by molar-refractivity contribution is 5.72. The molecule has 0 radical (unpaired) electrons. The summed E-state index contributed by atoms with van der Waals surface area (Å²) in [5.41, 5.74) is 0.558. The van der Waals surface area contributed by atoms with Gasteiger partial charge in [0.25, 0.3) is 5.82 Å². The van der Waals surface area contributed by atoms with Crippen LogP contribution in [0, 0.1) is 12.8 Å². The van der Waals surface area contributed by atoms with Crippen molar-refractivity contribution in [3.05, 3.63) is 35.5 Å². The highest BCUT2D eigenvalue weighted by atomic mass is 19.4. The number of hydrogen-bond acceptors (Lipinski definition) is 8. The summed E-state index contributed by atoms with van der Waals surface area (Å²) in [6.07, 6.45) is -3.64. The van der Waals surface area contributed by atoms with E-state index in [1.807, 2.05) is 4.90 Å². The number of nitrogens with zero attached hydrogens (tertiary/aromatic N) is 6. The Morgan fingerprint density at radius 3 is 2.69 bits per heavy atom. The molecule has 3 aromatic heterocycles. The van der Waals surface area contributed by atoms with Crippen molar-refractivity contribution >= 4 is 17.4 Å². The smallest absolute Gasteiger partial charge is 0.453 e. The number of halogens is 3. The number of aromatic nitrogens is 5. The van der Waals surface area contributed by atoms with Gasteiger partial charge in [-0.1, -0.05) is 5.16 Å². The first-order valence-electron chi connectivity index (χ1n) is 8.95. The minimum absolute atomic E-state index is 0.0163. The number of carbonyl (C=O) groups is 1. The van der Waals surface area contributed by atoms with Crippen molar-refractivity contribution in [2.75, 3.05) is 18.0 Å². The normalized spacial score (nSPS) is 15.8. The molecule has 4 rings (SSSR count). The number of hydrogen-bond donors (Lipinski definition) is 0. The van der Waals surface area contributed by atoms with Crippen molar-refractivity contribution < 1.29 is 27.2 Å². The van der Waals surface area contributed by atoms with Crippen LogP contribution in [0.3, 0.4) is 0 Å². The lowest BCUT2D eigenvalue weighted by Crippen LogP contribution is -2.37. The summed E-state index contributed by atoms with van der Waals surface area (Å²) in [7, 11) is 0. The molecular formula is C17H17F3N6O3. The van der Waals surface area contributed by atoms with Gasteiger partial charge in [-0.25, -0.2) is 0 Å². The number of aryl methyl sites for hydroxylation is 1. The zero-order valence-corrected chi connectivity index (χ0v) is 15.4. The number of anilines is 1. The van der Waals surface area contributed by atoms with Gasteiger partial charge in [0.1, 0.15) is 23.9 Å². The van der Waals surface area contributed by atoms with Gasteiger partial charge in [-0.05, 0) is 31.9 Å². The molecule has 4 heterocycles. The summed E-state index contributed by atoms with van der Waals surface area (Å²) < 4.78 is 50.0. The van der Waals surface area contributed by atoms with Gasteiger partial charge in [0, 0.05) is 19.2 Å². The second kappa shape index (κ2) is 7.33. The van der Waals surface area contributed by atoms with Gasteiger partial charge in [-0.15, -0.1) is 15.3 Å². The second-order valence-corrected chi connectivity index (χ2v) is 6.78. The molecule has 1 fully saturated rings. The van der Waals surface area contributed by atoms with Crippen LogP contribution in [0.4, 0.5) is 19.0 Å². The Labute approximate surface area is 162 Å². The number of carbonyl (C=O) groups excluding carboxylic acids is 1. The third-order valence-electron chi connectivity index (χ3n) is 4.69. The van der Waals surface area contributed by atoms with E-state index in [0.29, 0.717) is 47.7 Å². The fourth-order valence-corrected chi connectivity index (χ4v) is 3.22. The highest BCUT2D eigenvalue weighted by Gasteiger charge is 2.38. The molecule has 0 saturated carbocycles. The Bertz CT molecular complexity index is 1020. The Morgan fingerprint density at radius 1 is 1.28 bits per heavy atom. The molecule has 29 heavy (non-hydrogen) atoms. The summed E-state index contributed by atoms with van der Waals surface area (Å²) in [5, 5.41) is 14.5. The van der Waals surface area contributed by atoms with Gasteiger partial charge in [0.15, 0.2) is 5.65 Å². The van der Waals surface area contributed by atoms with Crippen molar-refractivity contribution in [2.24, 2.45) is 5.92 Å². The van der Waals surface area contributed by atoms with Crippen LogP contribution in [-0.4, -0.2) is 44.0 Å². The summed E-state index contributed by atoms with van der Waals surface area (Å²) in [5.74, 6) is -0.783. The van der Waals surface area contributed by atoms with Crippen LogP contribution in [0.25, 0.3) is 5.65 Å². The molecule has 0 spiro atoms. The minimum Gasteiger partial charge on any atom is -0.459 e. The monoisotopic (exact) mass is 410 g/mol. The Morgan fingerprint density at radius 2 is 2.03 bits per heavy atom. The van der Waals surface area contributed by atoms with Crippen LogP contribution in [0.1, 0.15) is 30.1 Å². The van der Waals surface area contributed by atoms with Gasteiger partial charge in [-0.2, -0.15) is 17.7 Å². The van der Waals surface area contributed by atoms with Crippen molar-refractivity contribution in [3.8, 4) is 0 Å². The predicted molar refractivity (Wildman–Crippen MR) is 91.8 cm³/mol. The third-order valence-corrected chi connectivity index (χ3v) is 4.69. The third kappa shape index (κ3) is 4.00. The van der Waals surface area contributed by atoms with E-state index in [0.717, 1.165) is 0 Å². The summed E-state index contributed by atoms with van der Waals surface area (Å²) in [4.78, 5) is 14.1. The second-order valence-electron chi connectivity index (χ2n) is 6.78. The summed E-state index contributed by atoms with van der Waals surface area (Å²) >= 11 is 0. The van der Waals surface area contributed by atoms with Crippen molar-refractivity contribution in [1.82, 2.24) is 25.0 Å². The van der Waals surface area contributed by atoms with Crippen LogP contribution in [0.2, 0.25) is 0 Å². The first-order valence-corrected chi connectivity index (χ1v) is 8.95. The molecule has 1 aliphatic rings. The number of ether oxygens (including phenoxy) is 1. The molecule has 0 aliphatic carbocycles. The first-order chi connectivity index (χ1) is 13.8. The Balaban J connectivity index is 1.38. The number of alkyl halides is 3. The number of fused-ring (bicyclic) bond motifs is 1. The van der Waals surface area contributed by atoms with E-state index in [1.54, 1.807) is 19.1 Å². The fourth-order valence-electron chi connectivity index (χ4n) is 3.22. The minimum atomic E-state index is -4.65. The van der Waals surface area contributed by atoms with Gasteiger partial charge in [-0.3, -0.25) is 4.79 Å². The molecule has 1 aliphatic heterocycles. The van der Waals surface area contributed by atoms with Gasteiger partial charge >= 0.3 is 12.1 Å². The molecule has 0 N–H and O–H groups in total. The van der Waals surface area contributed by atoms with Crippen LogP contribution in [-0.2, 0) is 22.3 Å². The SMILES string of the molecule is Cc1cc(COC(=O)C2CCN(c3ccc4nnc(C(F)(F)F)n4n3)CC2)no1. The maximum atomic E-state index is 13.0. The average Bonchev–Trinajstić information content (AvgIpc) is 3.31. The van der Waals surface area contributed by atoms with E-state index in [1.165, 1.54) is 6.07 Å². The van der Waals surface area contributed by atoms with Crippen molar-refractivity contribution in [3.63, 3.8) is 0 Å². The molecule has 9 nitrogen and oxygen atoms in total. The Kier molecular flexibility index (Phi) is 4.84. The maximum absolute atomic E-state index is 13.0. The zero-order valence-electron chi connectivity index (χ0n) is 15.4. The molecule has 0 amide bonds. The molecule has 0 bridgehead atoms. The lowest BCUT2D eigenvalue weighted by Gasteiger charge is -2.31. The Hall–Kier alpha value is -3.18. The van der Waals surface area contributed by atoms with Crippen molar-refractivity contribution in [1.29, 1.82) is 0 Å². The average molecular weight is 410 g/mol. The number of esters is 1.